The summed E-state index contributed by atoms with van der Waals surface area (Å²) in [4.78, 5) is 14.9. The van der Waals surface area contributed by atoms with E-state index in [2.05, 4.69) is 5.10 Å². The van der Waals surface area contributed by atoms with E-state index >= 15 is 0 Å². The molecule has 25 heavy (non-hydrogen) atoms. The van der Waals surface area contributed by atoms with Crippen LogP contribution in [0.2, 0.25) is 0 Å². The average Bonchev–Trinajstić information content (AvgIpc) is 3.01. The van der Waals surface area contributed by atoms with E-state index in [-0.39, 0.29) is 36.8 Å². The molecule has 0 radical (unpaired) electrons. The number of carbonyl (C=O) groups excluding carboxylic acids is 1. The van der Waals surface area contributed by atoms with Crippen molar-refractivity contribution in [1.82, 2.24) is 14.7 Å². The fourth-order valence-corrected chi connectivity index (χ4v) is 3.22. The molecule has 2 aromatic rings. The monoisotopic (exact) mass is 384 g/mol. The minimum atomic E-state index is -0.997. The highest BCUT2D eigenvalue weighted by Gasteiger charge is 2.36. The zero-order chi connectivity index (χ0) is 16.4. The Bertz CT molecular complexity index is 687. The van der Waals surface area contributed by atoms with Gasteiger partial charge in [-0.3, -0.25) is 9.48 Å². The summed E-state index contributed by atoms with van der Waals surface area (Å²) in [5, 5.41) is 4.40. The highest BCUT2D eigenvalue weighted by atomic mass is 35.5. The Hall–Kier alpha value is -1.56. The zero-order valence-corrected chi connectivity index (χ0v) is 16.2. The smallest absolute Gasteiger partial charge is 0.247 e. The van der Waals surface area contributed by atoms with Crippen LogP contribution in [0.1, 0.15) is 36.9 Å². The van der Waals surface area contributed by atoms with E-state index in [1.165, 1.54) is 0 Å². The van der Waals surface area contributed by atoms with E-state index in [1.807, 2.05) is 59.2 Å². The Balaban J connectivity index is 0.00000156. The van der Waals surface area contributed by atoms with Crippen molar-refractivity contribution in [3.8, 4) is 0 Å². The summed E-state index contributed by atoms with van der Waals surface area (Å²) in [6, 6.07) is 9.82. The molecule has 1 aliphatic rings. The molecule has 3 rings (SSSR count). The number of hydrogen-bond donors (Lipinski definition) is 1. The Labute approximate surface area is 161 Å². The van der Waals surface area contributed by atoms with Crippen LogP contribution in [0, 0.1) is 6.92 Å². The molecule has 1 aromatic heterocycles. The van der Waals surface area contributed by atoms with Gasteiger partial charge in [0.2, 0.25) is 5.91 Å². The number of aromatic nitrogens is 2. The molecular weight excluding hydrogens is 359 g/mol. The summed E-state index contributed by atoms with van der Waals surface area (Å²) in [5.74, 6) is -0.0164. The van der Waals surface area contributed by atoms with Gasteiger partial charge in [0.05, 0.1) is 12.2 Å². The number of amides is 1. The van der Waals surface area contributed by atoms with E-state index in [9.17, 15) is 4.79 Å². The van der Waals surface area contributed by atoms with Crippen molar-refractivity contribution in [2.75, 3.05) is 13.1 Å². The topological polar surface area (TPSA) is 64.2 Å². The number of likely N-dealkylation sites (tertiary alicyclic amines) is 1. The third-order valence-corrected chi connectivity index (χ3v) is 4.61. The highest BCUT2D eigenvalue weighted by molar-refractivity contribution is 5.87. The van der Waals surface area contributed by atoms with Crippen molar-refractivity contribution in [3.63, 3.8) is 0 Å². The van der Waals surface area contributed by atoms with Crippen LogP contribution in [0.5, 0.6) is 0 Å². The number of nitrogens with zero attached hydrogens (tertiary/aromatic N) is 3. The molecule has 1 amide bonds. The SMILES string of the molecule is Cc1cnn(C2CCCN(C(=O)C(C)(N)c3ccccc3)C2)c1.Cl.Cl. The van der Waals surface area contributed by atoms with Gasteiger partial charge in [-0.15, -0.1) is 24.8 Å². The van der Waals surface area contributed by atoms with Crippen LogP contribution in [0.25, 0.3) is 0 Å². The minimum absolute atomic E-state index is 0. The van der Waals surface area contributed by atoms with Crippen LogP contribution >= 0.6 is 24.8 Å². The molecule has 1 fully saturated rings. The van der Waals surface area contributed by atoms with E-state index in [0.29, 0.717) is 6.54 Å². The van der Waals surface area contributed by atoms with Gasteiger partial charge in [0, 0.05) is 19.3 Å². The molecule has 0 saturated carbocycles. The maximum Gasteiger partial charge on any atom is 0.247 e. The maximum atomic E-state index is 13.0. The zero-order valence-electron chi connectivity index (χ0n) is 14.6. The number of hydrogen-bond acceptors (Lipinski definition) is 3. The van der Waals surface area contributed by atoms with Crippen molar-refractivity contribution in [2.45, 2.75) is 38.3 Å². The third-order valence-electron chi connectivity index (χ3n) is 4.61. The van der Waals surface area contributed by atoms with Gasteiger partial charge in [0.1, 0.15) is 5.54 Å². The Morgan fingerprint density at radius 3 is 2.56 bits per heavy atom. The summed E-state index contributed by atoms with van der Waals surface area (Å²) < 4.78 is 1.98. The quantitative estimate of drug-likeness (QED) is 0.883. The maximum absolute atomic E-state index is 13.0. The normalized spacial score (nSPS) is 19.3. The van der Waals surface area contributed by atoms with Crippen molar-refractivity contribution in [1.29, 1.82) is 0 Å². The molecule has 2 atom stereocenters. The highest BCUT2D eigenvalue weighted by Crippen LogP contribution is 2.26. The number of halogens is 2. The number of carbonyl (C=O) groups is 1. The van der Waals surface area contributed by atoms with Crippen molar-refractivity contribution in [3.05, 3.63) is 53.9 Å². The fourth-order valence-electron chi connectivity index (χ4n) is 3.22. The minimum Gasteiger partial charge on any atom is -0.339 e. The number of rotatable bonds is 3. The second-order valence-corrected chi connectivity index (χ2v) is 6.61. The lowest BCUT2D eigenvalue weighted by atomic mass is 9.90. The van der Waals surface area contributed by atoms with Gasteiger partial charge in [0.15, 0.2) is 0 Å². The molecule has 2 heterocycles. The Morgan fingerprint density at radius 1 is 1.28 bits per heavy atom. The molecule has 1 aliphatic heterocycles. The number of aryl methyl sites for hydroxylation is 1. The molecule has 2 unspecified atom stereocenters. The van der Waals surface area contributed by atoms with Gasteiger partial charge in [-0.1, -0.05) is 30.3 Å². The largest absolute Gasteiger partial charge is 0.339 e. The van der Waals surface area contributed by atoms with Gasteiger partial charge < -0.3 is 10.6 Å². The Kier molecular flexibility index (Phi) is 7.47. The first-order valence-electron chi connectivity index (χ1n) is 8.13. The molecule has 2 N–H and O–H groups in total. The summed E-state index contributed by atoms with van der Waals surface area (Å²) in [5.41, 5.74) is 7.38. The van der Waals surface area contributed by atoms with Gasteiger partial charge >= 0.3 is 0 Å². The standard InChI is InChI=1S/C18H24N4O.2ClH/c1-14-11-20-22(12-14)16-9-6-10-21(13-16)17(23)18(2,19)15-7-4-3-5-8-15;;/h3-5,7-8,11-12,16H,6,9-10,13,19H2,1-2H3;2*1H. The van der Waals surface area contributed by atoms with Crippen LogP contribution in [0.4, 0.5) is 0 Å². The first-order chi connectivity index (χ1) is 11.0. The van der Waals surface area contributed by atoms with Crippen molar-refractivity contribution >= 4 is 30.7 Å². The molecule has 1 saturated heterocycles. The average molecular weight is 385 g/mol. The summed E-state index contributed by atoms with van der Waals surface area (Å²) in [6.45, 7) is 5.25. The van der Waals surface area contributed by atoms with Crippen LogP contribution < -0.4 is 5.73 Å². The lowest BCUT2D eigenvalue weighted by molar-refractivity contribution is -0.138. The lowest BCUT2D eigenvalue weighted by Gasteiger charge is -2.37. The van der Waals surface area contributed by atoms with Crippen molar-refractivity contribution in [2.24, 2.45) is 5.73 Å². The first-order valence-corrected chi connectivity index (χ1v) is 8.13. The van der Waals surface area contributed by atoms with Crippen LogP contribution in [0.15, 0.2) is 42.7 Å². The number of nitrogens with two attached hydrogens (primary N) is 1. The molecule has 0 bridgehead atoms. The molecule has 0 spiro atoms. The number of piperidine rings is 1. The van der Waals surface area contributed by atoms with Crippen LogP contribution in [-0.4, -0.2) is 33.7 Å². The third kappa shape index (κ3) is 4.54. The lowest BCUT2D eigenvalue weighted by Crippen LogP contribution is -2.53. The van der Waals surface area contributed by atoms with Crippen LogP contribution in [0.3, 0.4) is 0 Å². The molecule has 0 aliphatic carbocycles. The van der Waals surface area contributed by atoms with Gasteiger partial charge in [-0.05, 0) is 37.8 Å². The molecule has 138 valence electrons. The summed E-state index contributed by atoms with van der Waals surface area (Å²) in [7, 11) is 0. The van der Waals surface area contributed by atoms with Gasteiger partial charge in [-0.25, -0.2) is 0 Å². The van der Waals surface area contributed by atoms with Crippen LogP contribution in [-0.2, 0) is 10.3 Å². The summed E-state index contributed by atoms with van der Waals surface area (Å²) in [6.07, 6.45) is 5.91. The van der Waals surface area contributed by atoms with Crippen molar-refractivity contribution < 1.29 is 4.79 Å². The Morgan fingerprint density at radius 2 is 1.96 bits per heavy atom. The first kappa shape index (κ1) is 21.5. The second-order valence-electron chi connectivity index (χ2n) is 6.61. The predicted octanol–water partition coefficient (Wildman–Crippen LogP) is 3.07. The van der Waals surface area contributed by atoms with E-state index in [0.717, 1.165) is 30.5 Å². The summed E-state index contributed by atoms with van der Waals surface area (Å²) >= 11 is 0. The second kappa shape index (κ2) is 8.70. The van der Waals surface area contributed by atoms with Gasteiger partial charge in [0.25, 0.3) is 0 Å². The van der Waals surface area contributed by atoms with E-state index in [1.54, 1.807) is 6.92 Å². The predicted molar refractivity (Wildman–Crippen MR) is 104 cm³/mol. The van der Waals surface area contributed by atoms with E-state index in [4.69, 9.17) is 5.73 Å². The molecular formula is C18H26Cl2N4O. The van der Waals surface area contributed by atoms with Gasteiger partial charge in [-0.2, -0.15) is 5.10 Å². The molecule has 5 nitrogen and oxygen atoms in total. The molecule has 1 aromatic carbocycles. The molecule has 7 heteroatoms. The van der Waals surface area contributed by atoms with E-state index < -0.39 is 5.54 Å². The fraction of sp³-hybridized carbons (Fsp3) is 0.444. The number of benzene rings is 1.